The number of fused-ring (bicyclic) bond motifs is 2. The third kappa shape index (κ3) is 2.56. The standard InChI is InChI=1S/C23H14N2O2S/c26-20-17-13-7-8-14-18(17)28-22-19(20)23(27)25(16-11-5-2-6-12-16)21(24-22)15-9-3-1-4-10-15/h1-14H. The minimum atomic E-state index is -0.345. The van der Waals surface area contributed by atoms with Crippen molar-refractivity contribution in [3.05, 3.63) is 106 Å². The summed E-state index contributed by atoms with van der Waals surface area (Å²) in [7, 11) is 0. The number of hydrogen-bond acceptors (Lipinski definition) is 4. The van der Waals surface area contributed by atoms with Crippen LogP contribution in [0.3, 0.4) is 0 Å². The second kappa shape index (κ2) is 6.55. The molecule has 0 radical (unpaired) electrons. The zero-order valence-corrected chi connectivity index (χ0v) is 15.5. The smallest absolute Gasteiger partial charge is 0.271 e. The van der Waals surface area contributed by atoms with Gasteiger partial charge in [0.05, 0.1) is 5.69 Å². The summed E-state index contributed by atoms with van der Waals surface area (Å²) in [6, 6.07) is 26.2. The Labute approximate surface area is 164 Å². The van der Waals surface area contributed by atoms with E-state index in [2.05, 4.69) is 0 Å². The maximum atomic E-state index is 13.5. The molecule has 3 aromatic carbocycles. The number of hydrogen-bond donors (Lipinski definition) is 0. The number of para-hydroxylation sites is 1. The molecule has 0 N–H and O–H groups in total. The molecule has 0 saturated heterocycles. The molecule has 2 heterocycles. The second-order valence-corrected chi connectivity index (χ2v) is 7.42. The zero-order chi connectivity index (χ0) is 19.1. The van der Waals surface area contributed by atoms with Gasteiger partial charge in [-0.05, 0) is 24.3 Å². The molecule has 5 rings (SSSR count). The van der Waals surface area contributed by atoms with Crippen molar-refractivity contribution in [2.24, 2.45) is 0 Å². The van der Waals surface area contributed by atoms with E-state index in [1.807, 2.05) is 78.9 Å². The van der Waals surface area contributed by atoms with E-state index < -0.39 is 0 Å². The lowest BCUT2D eigenvalue weighted by Gasteiger charge is -2.13. The summed E-state index contributed by atoms with van der Waals surface area (Å²) in [6.45, 7) is 0. The van der Waals surface area contributed by atoms with Crippen molar-refractivity contribution in [2.45, 2.75) is 0 Å². The topological polar surface area (TPSA) is 52.0 Å². The van der Waals surface area contributed by atoms with Gasteiger partial charge in [-0.3, -0.25) is 14.2 Å². The monoisotopic (exact) mass is 382 g/mol. The molecule has 0 atom stereocenters. The van der Waals surface area contributed by atoms with Gasteiger partial charge in [0.2, 0.25) is 5.43 Å². The average molecular weight is 382 g/mol. The van der Waals surface area contributed by atoms with Crippen LogP contribution in [0.5, 0.6) is 0 Å². The molecule has 0 fully saturated rings. The highest BCUT2D eigenvalue weighted by Crippen LogP contribution is 2.26. The van der Waals surface area contributed by atoms with Gasteiger partial charge in [0.15, 0.2) is 0 Å². The Morgan fingerprint density at radius 1 is 0.750 bits per heavy atom. The fourth-order valence-corrected chi connectivity index (χ4v) is 4.39. The summed E-state index contributed by atoms with van der Waals surface area (Å²) in [5, 5.41) is 0.679. The third-order valence-electron chi connectivity index (χ3n) is 4.66. The van der Waals surface area contributed by atoms with Crippen LogP contribution < -0.4 is 11.0 Å². The van der Waals surface area contributed by atoms with Crippen LogP contribution in [0.2, 0.25) is 0 Å². The minimum absolute atomic E-state index is 0.132. The maximum Gasteiger partial charge on any atom is 0.271 e. The first kappa shape index (κ1) is 16.6. The first-order chi connectivity index (χ1) is 13.7. The fraction of sp³-hybridized carbons (Fsp3) is 0. The van der Waals surface area contributed by atoms with Gasteiger partial charge in [-0.25, -0.2) is 4.98 Å². The molecule has 0 aliphatic heterocycles. The van der Waals surface area contributed by atoms with Gasteiger partial charge in [-0.2, -0.15) is 0 Å². The van der Waals surface area contributed by atoms with Gasteiger partial charge in [-0.1, -0.05) is 60.7 Å². The summed E-state index contributed by atoms with van der Waals surface area (Å²) in [5.41, 5.74) is 0.879. The largest absolute Gasteiger partial charge is 0.288 e. The molecule has 5 aromatic rings. The number of rotatable bonds is 2. The average Bonchev–Trinajstić information content (AvgIpc) is 2.75. The van der Waals surface area contributed by atoms with Gasteiger partial charge < -0.3 is 0 Å². The van der Waals surface area contributed by atoms with E-state index in [9.17, 15) is 9.59 Å². The predicted octanol–water partition coefficient (Wildman–Crippen LogP) is 4.63. The van der Waals surface area contributed by atoms with E-state index in [0.29, 0.717) is 21.7 Å². The van der Waals surface area contributed by atoms with Crippen molar-refractivity contribution >= 4 is 31.6 Å². The van der Waals surface area contributed by atoms with Crippen molar-refractivity contribution in [3.63, 3.8) is 0 Å². The molecular formula is C23H14N2O2S. The number of nitrogens with zero attached hydrogens (tertiary/aromatic N) is 2. The van der Waals surface area contributed by atoms with Gasteiger partial charge in [-0.15, -0.1) is 11.3 Å². The quantitative estimate of drug-likeness (QED) is 0.418. The third-order valence-corrected chi connectivity index (χ3v) is 5.73. The van der Waals surface area contributed by atoms with Crippen LogP contribution in [0.4, 0.5) is 0 Å². The molecule has 4 nitrogen and oxygen atoms in total. The first-order valence-electron chi connectivity index (χ1n) is 8.83. The lowest BCUT2D eigenvalue weighted by Crippen LogP contribution is -2.26. The lowest BCUT2D eigenvalue weighted by molar-refractivity contribution is 0.977. The van der Waals surface area contributed by atoms with E-state index in [1.165, 1.54) is 15.9 Å². The van der Waals surface area contributed by atoms with Crippen LogP contribution >= 0.6 is 11.3 Å². The Kier molecular flexibility index (Phi) is 3.88. The van der Waals surface area contributed by atoms with Crippen molar-refractivity contribution < 1.29 is 0 Å². The summed E-state index contributed by atoms with van der Waals surface area (Å²) in [4.78, 5) is 31.8. The van der Waals surface area contributed by atoms with Crippen LogP contribution in [0.1, 0.15) is 0 Å². The zero-order valence-electron chi connectivity index (χ0n) is 14.7. The molecule has 0 aliphatic rings. The van der Waals surface area contributed by atoms with Gasteiger partial charge in [0.25, 0.3) is 5.56 Å². The Morgan fingerprint density at radius 2 is 1.39 bits per heavy atom. The van der Waals surface area contributed by atoms with Crippen molar-refractivity contribution in [1.82, 2.24) is 9.55 Å². The minimum Gasteiger partial charge on any atom is -0.288 e. The van der Waals surface area contributed by atoms with Crippen LogP contribution in [0.15, 0.2) is 94.5 Å². The summed E-state index contributed by atoms with van der Waals surface area (Å²) < 4.78 is 2.35. The molecule has 0 saturated carbocycles. The summed E-state index contributed by atoms with van der Waals surface area (Å²) in [5.74, 6) is 0.523. The highest BCUT2D eigenvalue weighted by Gasteiger charge is 2.18. The van der Waals surface area contributed by atoms with E-state index >= 15 is 0 Å². The molecule has 0 unspecified atom stereocenters. The van der Waals surface area contributed by atoms with Crippen LogP contribution in [-0.4, -0.2) is 9.55 Å². The van der Waals surface area contributed by atoms with E-state index in [1.54, 1.807) is 6.07 Å². The highest BCUT2D eigenvalue weighted by atomic mass is 32.1. The SMILES string of the molecule is O=c1c2ccccc2sc2nc(-c3ccccc3)n(-c3ccccc3)c(=O)c12. The fourth-order valence-electron chi connectivity index (χ4n) is 3.35. The van der Waals surface area contributed by atoms with E-state index in [4.69, 9.17) is 4.98 Å². The Hall–Kier alpha value is -3.57. The first-order valence-corrected chi connectivity index (χ1v) is 9.65. The van der Waals surface area contributed by atoms with E-state index in [0.717, 1.165) is 10.3 Å². The molecule has 28 heavy (non-hydrogen) atoms. The molecule has 0 bridgehead atoms. The molecule has 0 spiro atoms. The Bertz CT molecular complexity index is 1440. The normalized spacial score (nSPS) is 11.1. The molecule has 0 amide bonds. The van der Waals surface area contributed by atoms with Crippen LogP contribution in [-0.2, 0) is 0 Å². The van der Waals surface area contributed by atoms with Crippen LogP contribution in [0, 0.1) is 0 Å². The van der Waals surface area contributed by atoms with Gasteiger partial charge in [0, 0.05) is 15.6 Å². The highest BCUT2D eigenvalue weighted by molar-refractivity contribution is 7.24. The van der Waals surface area contributed by atoms with Crippen molar-refractivity contribution in [2.75, 3.05) is 0 Å². The molecule has 134 valence electrons. The molecule has 0 aliphatic carbocycles. The molecular weight excluding hydrogens is 368 g/mol. The summed E-state index contributed by atoms with van der Waals surface area (Å²) >= 11 is 1.37. The van der Waals surface area contributed by atoms with Gasteiger partial charge in [0.1, 0.15) is 16.0 Å². The molecule has 5 heteroatoms. The number of aromatic nitrogens is 2. The second-order valence-electron chi connectivity index (χ2n) is 6.39. The Balaban J connectivity index is 1.99. The molecule has 2 aromatic heterocycles. The van der Waals surface area contributed by atoms with Crippen molar-refractivity contribution in [3.8, 4) is 17.1 Å². The van der Waals surface area contributed by atoms with Crippen LogP contribution in [0.25, 0.3) is 37.4 Å². The maximum absolute atomic E-state index is 13.5. The number of benzene rings is 3. The lowest BCUT2D eigenvalue weighted by atomic mass is 10.1. The van der Waals surface area contributed by atoms with Gasteiger partial charge >= 0.3 is 0 Å². The summed E-state index contributed by atoms with van der Waals surface area (Å²) in [6.07, 6.45) is 0. The van der Waals surface area contributed by atoms with Crippen molar-refractivity contribution in [1.29, 1.82) is 0 Å². The van der Waals surface area contributed by atoms with E-state index in [-0.39, 0.29) is 16.4 Å². The predicted molar refractivity (Wildman–Crippen MR) is 114 cm³/mol. The Morgan fingerprint density at radius 3 is 2.14 bits per heavy atom.